The predicted molar refractivity (Wildman–Crippen MR) is 57.6 cm³/mol. The fraction of sp³-hybridized carbons (Fsp3) is 0.600. The molecule has 1 aromatic rings. The molecule has 0 aliphatic carbocycles. The quantitative estimate of drug-likeness (QED) is 0.729. The van der Waals surface area contributed by atoms with E-state index in [1.165, 1.54) is 0 Å². The molecule has 0 bridgehead atoms. The van der Waals surface area contributed by atoms with Crippen molar-refractivity contribution in [3.8, 4) is 0 Å². The Hall–Kier alpha value is -1.03. The lowest BCUT2D eigenvalue weighted by molar-refractivity contribution is -0.130. The smallest absolute Gasteiger partial charge is 0.242 e. The summed E-state index contributed by atoms with van der Waals surface area (Å²) in [5.41, 5.74) is 0.893. The van der Waals surface area contributed by atoms with E-state index in [-0.39, 0.29) is 5.91 Å². The van der Waals surface area contributed by atoms with Crippen LogP contribution in [0.2, 0.25) is 0 Å². The van der Waals surface area contributed by atoms with Crippen LogP contribution < -0.4 is 0 Å². The highest BCUT2D eigenvalue weighted by Gasteiger charge is 2.18. The summed E-state index contributed by atoms with van der Waals surface area (Å²) in [5, 5.41) is 0. The topological polar surface area (TPSA) is 38.1 Å². The third kappa shape index (κ3) is 2.31. The molecule has 1 amide bonds. The Labute approximate surface area is 93.8 Å². The highest BCUT2D eigenvalue weighted by molar-refractivity contribution is 6.16. The fourth-order valence-corrected chi connectivity index (χ4v) is 2.04. The summed E-state index contributed by atoms with van der Waals surface area (Å²) in [7, 11) is 0. The molecule has 15 heavy (non-hydrogen) atoms. The molecule has 1 aromatic heterocycles. The maximum absolute atomic E-state index is 11.8. The molecule has 1 aliphatic heterocycles. The van der Waals surface area contributed by atoms with Crippen LogP contribution in [0.5, 0.6) is 0 Å². The molecule has 1 aliphatic rings. The maximum atomic E-state index is 11.8. The minimum absolute atomic E-state index is 0.164. The number of rotatable bonds is 3. The average molecular weight is 228 g/mol. The molecule has 0 radical (unpaired) electrons. The second-order valence-electron chi connectivity index (χ2n) is 3.73. The molecule has 0 N–H and O–H groups in total. The minimum Gasteiger partial charge on any atom is -0.341 e. The summed E-state index contributed by atoms with van der Waals surface area (Å²) in [6, 6.07) is 0. The predicted octanol–water partition coefficient (Wildman–Crippen LogP) is 1.24. The van der Waals surface area contributed by atoms with Crippen LogP contribution in [0.4, 0.5) is 0 Å². The zero-order chi connectivity index (χ0) is 10.7. The van der Waals surface area contributed by atoms with E-state index >= 15 is 0 Å². The van der Waals surface area contributed by atoms with E-state index in [1.54, 1.807) is 12.5 Å². The number of alkyl halides is 1. The van der Waals surface area contributed by atoms with Crippen molar-refractivity contribution < 1.29 is 4.79 Å². The van der Waals surface area contributed by atoms with E-state index in [9.17, 15) is 4.79 Å². The van der Waals surface area contributed by atoms with Gasteiger partial charge in [0, 0.05) is 19.3 Å². The summed E-state index contributed by atoms with van der Waals surface area (Å²) in [6.07, 6.45) is 5.60. The van der Waals surface area contributed by atoms with Crippen LogP contribution in [-0.4, -0.2) is 33.4 Å². The number of imidazole rings is 1. The molecular formula is C10H14ClN3O. The van der Waals surface area contributed by atoms with Crippen LogP contribution in [0.15, 0.2) is 12.5 Å². The van der Waals surface area contributed by atoms with Crippen molar-refractivity contribution in [2.24, 2.45) is 0 Å². The zero-order valence-corrected chi connectivity index (χ0v) is 9.28. The molecule has 5 heteroatoms. The average Bonchev–Trinajstić information content (AvgIpc) is 2.87. The number of hydrogen-bond acceptors (Lipinski definition) is 2. The second kappa shape index (κ2) is 4.66. The van der Waals surface area contributed by atoms with Gasteiger partial charge in [-0.05, 0) is 12.8 Å². The van der Waals surface area contributed by atoms with Crippen molar-refractivity contribution >= 4 is 17.5 Å². The van der Waals surface area contributed by atoms with Gasteiger partial charge in [0.05, 0.1) is 17.9 Å². The first-order valence-corrected chi connectivity index (χ1v) is 5.67. The van der Waals surface area contributed by atoms with Crippen LogP contribution in [0.3, 0.4) is 0 Å². The van der Waals surface area contributed by atoms with E-state index in [0.717, 1.165) is 31.6 Å². The number of aromatic nitrogens is 2. The first-order valence-electron chi connectivity index (χ1n) is 5.14. The van der Waals surface area contributed by atoms with Gasteiger partial charge in [-0.2, -0.15) is 0 Å². The number of carbonyl (C=O) groups is 1. The van der Waals surface area contributed by atoms with E-state index in [0.29, 0.717) is 12.4 Å². The zero-order valence-electron chi connectivity index (χ0n) is 8.53. The summed E-state index contributed by atoms with van der Waals surface area (Å²) in [5.74, 6) is 0.560. The normalized spacial score (nSPS) is 15.9. The third-order valence-corrected chi connectivity index (χ3v) is 2.97. The molecule has 0 aromatic carbocycles. The molecule has 1 saturated heterocycles. The molecule has 2 heterocycles. The maximum Gasteiger partial charge on any atom is 0.242 e. The molecule has 0 spiro atoms. The van der Waals surface area contributed by atoms with Crippen LogP contribution >= 0.6 is 11.6 Å². The highest BCUT2D eigenvalue weighted by Crippen LogP contribution is 2.10. The third-order valence-electron chi connectivity index (χ3n) is 2.70. The van der Waals surface area contributed by atoms with Gasteiger partial charge in [0.15, 0.2) is 0 Å². The van der Waals surface area contributed by atoms with Gasteiger partial charge in [-0.15, -0.1) is 11.6 Å². The lowest BCUT2D eigenvalue weighted by Gasteiger charge is -2.16. The van der Waals surface area contributed by atoms with E-state index < -0.39 is 0 Å². The molecular weight excluding hydrogens is 214 g/mol. The number of likely N-dealkylation sites (tertiary alicyclic amines) is 1. The summed E-state index contributed by atoms with van der Waals surface area (Å²) in [6.45, 7) is 2.15. The Balaban J connectivity index is 1.98. The Morgan fingerprint density at radius 1 is 1.47 bits per heavy atom. The molecule has 0 saturated carbocycles. The number of carbonyl (C=O) groups excluding carboxylic acids is 1. The van der Waals surface area contributed by atoms with Crippen molar-refractivity contribution in [2.75, 3.05) is 13.1 Å². The monoisotopic (exact) mass is 227 g/mol. The number of nitrogens with zero attached hydrogens (tertiary/aromatic N) is 3. The van der Waals surface area contributed by atoms with Crippen molar-refractivity contribution in [1.29, 1.82) is 0 Å². The van der Waals surface area contributed by atoms with Crippen molar-refractivity contribution in [3.05, 3.63) is 18.2 Å². The van der Waals surface area contributed by atoms with Crippen molar-refractivity contribution in [1.82, 2.24) is 14.5 Å². The molecule has 0 atom stereocenters. The van der Waals surface area contributed by atoms with Gasteiger partial charge in [-0.1, -0.05) is 0 Å². The Morgan fingerprint density at radius 2 is 2.20 bits per heavy atom. The van der Waals surface area contributed by atoms with Crippen molar-refractivity contribution in [3.63, 3.8) is 0 Å². The van der Waals surface area contributed by atoms with Gasteiger partial charge in [0.2, 0.25) is 5.91 Å². The van der Waals surface area contributed by atoms with Crippen molar-refractivity contribution in [2.45, 2.75) is 25.3 Å². The Kier molecular flexibility index (Phi) is 3.26. The van der Waals surface area contributed by atoms with Crippen LogP contribution in [0.1, 0.15) is 18.5 Å². The molecule has 2 rings (SSSR count). The summed E-state index contributed by atoms with van der Waals surface area (Å²) in [4.78, 5) is 17.7. The molecule has 82 valence electrons. The van der Waals surface area contributed by atoms with Gasteiger partial charge >= 0.3 is 0 Å². The molecule has 0 unspecified atom stereocenters. The number of amides is 1. The van der Waals surface area contributed by atoms with Crippen LogP contribution in [-0.2, 0) is 17.2 Å². The molecule has 4 nitrogen and oxygen atoms in total. The van der Waals surface area contributed by atoms with Gasteiger partial charge in [0.1, 0.15) is 6.54 Å². The Morgan fingerprint density at radius 3 is 2.87 bits per heavy atom. The molecule has 1 fully saturated rings. The van der Waals surface area contributed by atoms with E-state index in [1.807, 2.05) is 9.47 Å². The van der Waals surface area contributed by atoms with Gasteiger partial charge < -0.3 is 9.47 Å². The lowest BCUT2D eigenvalue weighted by atomic mass is 10.4. The summed E-state index contributed by atoms with van der Waals surface area (Å²) >= 11 is 5.73. The van der Waals surface area contributed by atoms with Crippen LogP contribution in [0.25, 0.3) is 0 Å². The first-order chi connectivity index (χ1) is 7.31. The number of halogens is 1. The Bertz CT molecular complexity index is 344. The SMILES string of the molecule is O=C(Cn1cncc1CCl)N1CCCC1. The first kappa shape index (κ1) is 10.5. The number of hydrogen-bond donors (Lipinski definition) is 0. The van der Waals surface area contributed by atoms with Gasteiger partial charge in [-0.3, -0.25) is 4.79 Å². The lowest BCUT2D eigenvalue weighted by Crippen LogP contribution is -2.31. The van der Waals surface area contributed by atoms with Gasteiger partial charge in [-0.25, -0.2) is 4.98 Å². The van der Waals surface area contributed by atoms with Crippen LogP contribution in [0, 0.1) is 0 Å². The minimum atomic E-state index is 0.164. The largest absolute Gasteiger partial charge is 0.341 e. The van der Waals surface area contributed by atoms with Gasteiger partial charge in [0.25, 0.3) is 0 Å². The summed E-state index contributed by atoms with van der Waals surface area (Å²) < 4.78 is 1.81. The highest BCUT2D eigenvalue weighted by atomic mass is 35.5. The standard InChI is InChI=1S/C10H14ClN3O/c11-5-9-6-12-8-14(9)7-10(15)13-3-1-2-4-13/h6,8H,1-5,7H2. The fourth-order valence-electron chi connectivity index (χ4n) is 1.81. The van der Waals surface area contributed by atoms with E-state index in [2.05, 4.69) is 4.98 Å². The van der Waals surface area contributed by atoms with E-state index in [4.69, 9.17) is 11.6 Å². The second-order valence-corrected chi connectivity index (χ2v) is 4.00.